The van der Waals surface area contributed by atoms with Crippen LogP contribution in [0.25, 0.3) is 0 Å². The van der Waals surface area contributed by atoms with E-state index in [0.29, 0.717) is 17.7 Å². The van der Waals surface area contributed by atoms with E-state index in [1.54, 1.807) is 0 Å². The van der Waals surface area contributed by atoms with Gasteiger partial charge in [-0.15, -0.1) is 0 Å². The zero-order valence-electron chi connectivity index (χ0n) is 11.9. The van der Waals surface area contributed by atoms with Gasteiger partial charge in [-0.1, -0.05) is 27.2 Å². The number of halogens is 1. The van der Waals surface area contributed by atoms with Crippen molar-refractivity contribution in [2.45, 2.75) is 33.6 Å². The summed E-state index contributed by atoms with van der Waals surface area (Å²) in [6.07, 6.45) is 2.87. The molecule has 0 aliphatic carbocycles. The predicted octanol–water partition coefficient (Wildman–Crippen LogP) is 3.45. The van der Waals surface area contributed by atoms with Crippen LogP contribution in [0.1, 0.15) is 33.6 Å². The number of imide groups is 1. The minimum absolute atomic E-state index is 0.0272. The summed E-state index contributed by atoms with van der Waals surface area (Å²) < 4.78 is 12.9. The summed E-state index contributed by atoms with van der Waals surface area (Å²) in [7, 11) is 0. The Hall–Kier alpha value is -1.97. The Morgan fingerprint density at radius 2 is 1.75 bits per heavy atom. The van der Waals surface area contributed by atoms with Crippen LogP contribution in [0.3, 0.4) is 0 Å². The van der Waals surface area contributed by atoms with Gasteiger partial charge < -0.3 is 0 Å². The largest absolute Gasteiger partial charge is 0.269 e. The number of amides is 2. The highest BCUT2D eigenvalue weighted by molar-refractivity contribution is 6.30. The van der Waals surface area contributed by atoms with Crippen LogP contribution in [0.4, 0.5) is 10.1 Å². The van der Waals surface area contributed by atoms with E-state index in [9.17, 15) is 14.0 Å². The van der Waals surface area contributed by atoms with Crippen LogP contribution in [0.2, 0.25) is 0 Å². The van der Waals surface area contributed by atoms with E-state index >= 15 is 0 Å². The lowest BCUT2D eigenvalue weighted by atomic mass is 9.83. The lowest BCUT2D eigenvalue weighted by molar-refractivity contribution is -0.120. The minimum Gasteiger partial charge on any atom is -0.269 e. The summed E-state index contributed by atoms with van der Waals surface area (Å²) in [6, 6.07) is 5.35. The summed E-state index contributed by atoms with van der Waals surface area (Å²) in [4.78, 5) is 25.4. The Labute approximate surface area is 118 Å². The molecule has 0 spiro atoms. The van der Waals surface area contributed by atoms with Gasteiger partial charge in [0.1, 0.15) is 5.82 Å². The predicted molar refractivity (Wildman–Crippen MR) is 75.7 cm³/mol. The molecule has 0 saturated carbocycles. The summed E-state index contributed by atoms with van der Waals surface area (Å²) >= 11 is 0. The number of benzene rings is 1. The fourth-order valence-electron chi connectivity index (χ4n) is 2.12. The Bertz CT molecular complexity index is 573. The van der Waals surface area contributed by atoms with E-state index in [4.69, 9.17) is 0 Å². The summed E-state index contributed by atoms with van der Waals surface area (Å²) in [6.45, 7) is 6.18. The molecule has 0 unspecified atom stereocenters. The van der Waals surface area contributed by atoms with Crippen molar-refractivity contribution in [3.05, 3.63) is 41.7 Å². The van der Waals surface area contributed by atoms with Gasteiger partial charge in [0.2, 0.25) is 0 Å². The van der Waals surface area contributed by atoms with Crippen LogP contribution in [0.15, 0.2) is 35.9 Å². The Morgan fingerprint density at radius 1 is 1.15 bits per heavy atom. The molecule has 1 heterocycles. The highest BCUT2D eigenvalue weighted by atomic mass is 19.1. The lowest BCUT2D eigenvalue weighted by Crippen LogP contribution is -2.31. The van der Waals surface area contributed by atoms with Gasteiger partial charge in [-0.3, -0.25) is 9.59 Å². The van der Waals surface area contributed by atoms with Gasteiger partial charge in [-0.2, -0.15) is 0 Å². The Balaban J connectivity index is 2.23. The van der Waals surface area contributed by atoms with E-state index in [1.165, 1.54) is 30.3 Å². The molecule has 0 N–H and O–H groups in total. The van der Waals surface area contributed by atoms with Crippen molar-refractivity contribution in [2.24, 2.45) is 5.41 Å². The maximum absolute atomic E-state index is 12.9. The second-order valence-corrected chi connectivity index (χ2v) is 5.82. The van der Waals surface area contributed by atoms with E-state index in [-0.39, 0.29) is 17.2 Å². The lowest BCUT2D eigenvalue weighted by Gasteiger charge is -2.23. The minimum atomic E-state index is -0.395. The molecule has 1 aliphatic rings. The zero-order chi connectivity index (χ0) is 14.9. The molecule has 106 valence electrons. The molecular formula is C16H18FNO2. The van der Waals surface area contributed by atoms with E-state index in [1.807, 2.05) is 0 Å². The average molecular weight is 275 g/mol. The molecule has 1 aromatic rings. The van der Waals surface area contributed by atoms with E-state index in [0.717, 1.165) is 11.3 Å². The van der Waals surface area contributed by atoms with Gasteiger partial charge in [0, 0.05) is 11.6 Å². The monoisotopic (exact) mass is 275 g/mol. The first kappa shape index (κ1) is 14.4. The number of carbonyl (C=O) groups excluding carboxylic acids is 2. The molecule has 2 amide bonds. The van der Waals surface area contributed by atoms with Crippen molar-refractivity contribution in [1.82, 2.24) is 0 Å². The highest BCUT2D eigenvalue weighted by Gasteiger charge is 2.34. The number of carbonyl (C=O) groups is 2. The first-order valence-electron chi connectivity index (χ1n) is 6.68. The number of hydrogen-bond donors (Lipinski definition) is 0. The molecular weight excluding hydrogens is 257 g/mol. The van der Waals surface area contributed by atoms with Crippen LogP contribution in [0.5, 0.6) is 0 Å². The molecule has 20 heavy (non-hydrogen) atoms. The molecule has 1 aliphatic heterocycles. The first-order valence-corrected chi connectivity index (χ1v) is 6.68. The fourth-order valence-corrected chi connectivity index (χ4v) is 2.12. The standard InChI is InChI=1S/C16H18FNO2/c1-4-16(2,3)10-11-9-14(19)18(15(11)20)13-7-5-12(17)6-8-13/h5-9H,4,10H2,1-3H3. The first-order chi connectivity index (χ1) is 9.34. The summed E-state index contributed by atoms with van der Waals surface area (Å²) in [5.41, 5.74) is 0.897. The molecule has 0 fully saturated rings. The van der Waals surface area contributed by atoms with Gasteiger partial charge in [-0.05, 0) is 36.1 Å². The van der Waals surface area contributed by atoms with Crippen LogP contribution >= 0.6 is 0 Å². The van der Waals surface area contributed by atoms with E-state index in [2.05, 4.69) is 20.8 Å². The van der Waals surface area contributed by atoms with Gasteiger partial charge >= 0.3 is 0 Å². The maximum Gasteiger partial charge on any atom is 0.261 e. The van der Waals surface area contributed by atoms with E-state index < -0.39 is 5.82 Å². The fraction of sp³-hybridized carbons (Fsp3) is 0.375. The highest BCUT2D eigenvalue weighted by Crippen LogP contribution is 2.33. The molecule has 1 aromatic carbocycles. The second kappa shape index (κ2) is 5.19. The SMILES string of the molecule is CCC(C)(C)CC1=CC(=O)N(c2ccc(F)cc2)C1=O. The molecule has 0 bridgehead atoms. The van der Waals surface area contributed by atoms with Gasteiger partial charge in [0.05, 0.1) is 5.69 Å². The molecule has 2 rings (SSSR count). The summed E-state index contributed by atoms with van der Waals surface area (Å²) in [5.74, 6) is -1.06. The van der Waals surface area contributed by atoms with Crippen molar-refractivity contribution in [3.63, 3.8) is 0 Å². The number of anilines is 1. The van der Waals surface area contributed by atoms with Gasteiger partial charge in [0.25, 0.3) is 11.8 Å². The van der Waals surface area contributed by atoms with Gasteiger partial charge in [0.15, 0.2) is 0 Å². The van der Waals surface area contributed by atoms with Crippen LogP contribution in [0, 0.1) is 11.2 Å². The zero-order valence-corrected chi connectivity index (χ0v) is 11.9. The van der Waals surface area contributed by atoms with Crippen molar-refractivity contribution in [1.29, 1.82) is 0 Å². The average Bonchev–Trinajstić information content (AvgIpc) is 2.65. The molecule has 3 nitrogen and oxygen atoms in total. The summed E-state index contributed by atoms with van der Waals surface area (Å²) in [5, 5.41) is 0. The molecule has 0 atom stereocenters. The van der Waals surface area contributed by atoms with Crippen LogP contribution < -0.4 is 4.90 Å². The molecule has 0 radical (unpaired) electrons. The maximum atomic E-state index is 12.9. The number of rotatable bonds is 4. The third kappa shape index (κ3) is 2.79. The van der Waals surface area contributed by atoms with Crippen molar-refractivity contribution in [3.8, 4) is 0 Å². The van der Waals surface area contributed by atoms with Crippen LogP contribution in [-0.2, 0) is 9.59 Å². The Morgan fingerprint density at radius 3 is 2.30 bits per heavy atom. The third-order valence-corrected chi connectivity index (χ3v) is 3.71. The topological polar surface area (TPSA) is 37.4 Å². The van der Waals surface area contributed by atoms with Crippen LogP contribution in [-0.4, -0.2) is 11.8 Å². The number of hydrogen-bond acceptors (Lipinski definition) is 2. The van der Waals surface area contributed by atoms with Crippen molar-refractivity contribution in [2.75, 3.05) is 4.90 Å². The molecule has 0 saturated heterocycles. The second-order valence-electron chi connectivity index (χ2n) is 5.82. The smallest absolute Gasteiger partial charge is 0.261 e. The quantitative estimate of drug-likeness (QED) is 0.789. The van der Waals surface area contributed by atoms with Crippen molar-refractivity contribution < 1.29 is 14.0 Å². The normalized spacial score (nSPS) is 15.8. The number of nitrogens with zero attached hydrogens (tertiary/aromatic N) is 1. The Kier molecular flexibility index (Phi) is 3.75. The third-order valence-electron chi connectivity index (χ3n) is 3.71. The molecule has 4 heteroatoms. The van der Waals surface area contributed by atoms with Gasteiger partial charge in [-0.25, -0.2) is 9.29 Å². The van der Waals surface area contributed by atoms with Crippen molar-refractivity contribution >= 4 is 17.5 Å². The molecule has 0 aromatic heterocycles.